The smallest absolute Gasteiger partial charge is 0.259 e. The number of rotatable bonds is 4. The summed E-state index contributed by atoms with van der Waals surface area (Å²) in [6.07, 6.45) is 5.16. The maximum atomic E-state index is 5.55. The Hall–Kier alpha value is -3.61. The van der Waals surface area contributed by atoms with Crippen molar-refractivity contribution in [1.29, 1.82) is 0 Å². The molecule has 0 aliphatic carbocycles. The highest BCUT2D eigenvalue weighted by atomic mass is 16.5. The molecule has 7 heteroatoms. The van der Waals surface area contributed by atoms with Gasteiger partial charge in [0.1, 0.15) is 0 Å². The van der Waals surface area contributed by atoms with E-state index in [1.54, 1.807) is 18.6 Å². The van der Waals surface area contributed by atoms with Gasteiger partial charge in [0.05, 0.1) is 11.0 Å². The Morgan fingerprint density at radius 3 is 2.11 bits per heavy atom. The highest BCUT2D eigenvalue weighted by Crippen LogP contribution is 2.32. The first-order valence-electron chi connectivity index (χ1n) is 8.89. The number of pyridine rings is 1. The minimum atomic E-state index is -0.421. The third-order valence-corrected chi connectivity index (χ3v) is 4.76. The van der Waals surface area contributed by atoms with Crippen LogP contribution in [0.1, 0.15) is 30.9 Å². The Balaban J connectivity index is 1.61. The van der Waals surface area contributed by atoms with Crippen LogP contribution in [0.15, 0.2) is 59.5 Å². The summed E-state index contributed by atoms with van der Waals surface area (Å²) >= 11 is 0. The molecular formula is C21H20N6O. The summed E-state index contributed by atoms with van der Waals surface area (Å²) in [5, 5.41) is 4.21. The molecule has 0 amide bonds. The fourth-order valence-electron chi connectivity index (χ4n) is 2.88. The first-order chi connectivity index (χ1) is 13.4. The predicted molar refractivity (Wildman–Crippen MR) is 106 cm³/mol. The van der Waals surface area contributed by atoms with E-state index in [2.05, 4.69) is 51.1 Å². The fraction of sp³-hybridized carbons (Fsp3) is 0.190. The number of aromatic nitrogens is 5. The van der Waals surface area contributed by atoms with Gasteiger partial charge in [0.25, 0.3) is 5.89 Å². The summed E-state index contributed by atoms with van der Waals surface area (Å²) in [5.74, 6) is 1.34. The Morgan fingerprint density at radius 1 is 0.821 bits per heavy atom. The molecule has 3 heterocycles. The highest BCUT2D eigenvalue weighted by Gasteiger charge is 2.29. The molecule has 0 aliphatic rings. The lowest BCUT2D eigenvalue weighted by Crippen LogP contribution is -2.20. The average Bonchev–Trinajstić information content (AvgIpc) is 3.20. The number of nitrogens with zero attached hydrogens (tertiary/aromatic N) is 5. The molecule has 0 fully saturated rings. The summed E-state index contributed by atoms with van der Waals surface area (Å²) in [6, 6.07) is 12.0. The molecule has 1 aromatic carbocycles. The lowest BCUT2D eigenvalue weighted by molar-refractivity contribution is 0.408. The lowest BCUT2D eigenvalue weighted by atomic mass is 9.83. The maximum Gasteiger partial charge on any atom is 0.259 e. The van der Waals surface area contributed by atoms with Crippen molar-refractivity contribution in [1.82, 2.24) is 25.1 Å². The minimum Gasteiger partial charge on any atom is -0.368 e. The van der Waals surface area contributed by atoms with E-state index >= 15 is 0 Å². The normalized spacial score (nSPS) is 11.5. The summed E-state index contributed by atoms with van der Waals surface area (Å²) in [6.45, 7) is 6.07. The molecule has 7 nitrogen and oxygen atoms in total. The van der Waals surface area contributed by atoms with Gasteiger partial charge in [0, 0.05) is 29.8 Å². The molecule has 28 heavy (non-hydrogen) atoms. The van der Waals surface area contributed by atoms with Crippen LogP contribution in [-0.4, -0.2) is 25.1 Å². The van der Waals surface area contributed by atoms with Gasteiger partial charge in [0.2, 0.25) is 5.95 Å². The van der Waals surface area contributed by atoms with Gasteiger partial charge in [-0.3, -0.25) is 4.98 Å². The first kappa shape index (κ1) is 17.8. The van der Waals surface area contributed by atoms with Crippen molar-refractivity contribution in [3.63, 3.8) is 0 Å². The zero-order valence-electron chi connectivity index (χ0n) is 15.9. The third kappa shape index (κ3) is 3.34. The van der Waals surface area contributed by atoms with Crippen LogP contribution in [0.3, 0.4) is 0 Å². The zero-order valence-corrected chi connectivity index (χ0v) is 15.9. The van der Waals surface area contributed by atoms with Gasteiger partial charge >= 0.3 is 0 Å². The summed E-state index contributed by atoms with van der Waals surface area (Å²) < 4.78 is 5.47. The summed E-state index contributed by atoms with van der Waals surface area (Å²) in [5.41, 5.74) is 9.87. The van der Waals surface area contributed by atoms with Gasteiger partial charge in [0.15, 0.2) is 5.82 Å². The number of aryl methyl sites for hydroxylation is 1. The maximum absolute atomic E-state index is 5.55. The topological polar surface area (TPSA) is 104 Å². The Morgan fingerprint density at radius 2 is 1.46 bits per heavy atom. The molecule has 4 aromatic rings. The molecule has 0 saturated heterocycles. The van der Waals surface area contributed by atoms with E-state index < -0.39 is 5.41 Å². The molecule has 0 aliphatic heterocycles. The van der Waals surface area contributed by atoms with Crippen LogP contribution in [0.5, 0.6) is 0 Å². The van der Waals surface area contributed by atoms with E-state index in [0.29, 0.717) is 11.7 Å². The van der Waals surface area contributed by atoms with Crippen LogP contribution >= 0.6 is 0 Å². The molecule has 0 atom stereocenters. The van der Waals surface area contributed by atoms with Crippen molar-refractivity contribution >= 4 is 5.95 Å². The third-order valence-electron chi connectivity index (χ3n) is 4.76. The van der Waals surface area contributed by atoms with Crippen LogP contribution in [0.25, 0.3) is 22.6 Å². The van der Waals surface area contributed by atoms with Gasteiger partial charge in [-0.2, -0.15) is 4.98 Å². The summed E-state index contributed by atoms with van der Waals surface area (Å²) in [4.78, 5) is 17.0. The second-order valence-electron chi connectivity index (χ2n) is 7.14. The first-order valence-corrected chi connectivity index (χ1v) is 8.89. The van der Waals surface area contributed by atoms with E-state index in [0.717, 1.165) is 27.9 Å². The van der Waals surface area contributed by atoms with E-state index in [9.17, 15) is 0 Å². The number of hydrogen-bond donors (Lipinski definition) is 1. The lowest BCUT2D eigenvalue weighted by Gasteiger charge is -2.21. The van der Waals surface area contributed by atoms with E-state index in [-0.39, 0.29) is 5.95 Å². The van der Waals surface area contributed by atoms with Gasteiger partial charge in [-0.15, -0.1) is 0 Å². The van der Waals surface area contributed by atoms with Crippen LogP contribution < -0.4 is 5.73 Å². The van der Waals surface area contributed by atoms with Crippen molar-refractivity contribution < 1.29 is 4.52 Å². The molecule has 0 unspecified atom stereocenters. The minimum absolute atomic E-state index is 0.262. The van der Waals surface area contributed by atoms with Crippen molar-refractivity contribution in [2.75, 3.05) is 5.73 Å². The Bertz CT molecular complexity index is 1080. The predicted octanol–water partition coefficient (Wildman–Crippen LogP) is 3.81. The van der Waals surface area contributed by atoms with E-state index in [1.165, 1.54) is 0 Å². The van der Waals surface area contributed by atoms with Gasteiger partial charge in [-0.25, -0.2) is 9.97 Å². The molecule has 4 rings (SSSR count). The zero-order chi connectivity index (χ0) is 19.7. The van der Waals surface area contributed by atoms with Crippen LogP contribution in [0.2, 0.25) is 0 Å². The van der Waals surface area contributed by atoms with Crippen molar-refractivity contribution in [3.8, 4) is 22.6 Å². The molecule has 0 saturated carbocycles. The Labute approximate surface area is 162 Å². The quantitative estimate of drug-likeness (QED) is 0.581. The molecule has 3 aromatic heterocycles. The van der Waals surface area contributed by atoms with Crippen LogP contribution in [0.4, 0.5) is 5.95 Å². The fourth-order valence-corrected chi connectivity index (χ4v) is 2.88. The van der Waals surface area contributed by atoms with E-state index in [1.807, 2.05) is 31.2 Å². The monoisotopic (exact) mass is 372 g/mol. The average molecular weight is 372 g/mol. The second-order valence-corrected chi connectivity index (χ2v) is 7.14. The SMILES string of the molecule is Cc1ccc(-c2nc(C(C)(C)c3ccc(-c4cnc(N)nc4)cc3)no2)cn1. The summed E-state index contributed by atoms with van der Waals surface area (Å²) in [7, 11) is 0. The second kappa shape index (κ2) is 6.84. The molecule has 0 bridgehead atoms. The Kier molecular flexibility index (Phi) is 4.35. The largest absolute Gasteiger partial charge is 0.368 e. The number of anilines is 1. The van der Waals surface area contributed by atoms with Gasteiger partial charge in [-0.1, -0.05) is 29.4 Å². The number of hydrogen-bond acceptors (Lipinski definition) is 7. The van der Waals surface area contributed by atoms with Crippen LogP contribution in [0, 0.1) is 6.92 Å². The van der Waals surface area contributed by atoms with E-state index in [4.69, 9.17) is 10.3 Å². The highest BCUT2D eigenvalue weighted by molar-refractivity contribution is 5.62. The van der Waals surface area contributed by atoms with Crippen molar-refractivity contribution in [3.05, 3.63) is 72.1 Å². The molecule has 0 spiro atoms. The molecule has 140 valence electrons. The number of nitrogens with two attached hydrogens (primary N) is 1. The number of nitrogen functional groups attached to an aromatic ring is 1. The van der Waals surface area contributed by atoms with Crippen LogP contribution in [-0.2, 0) is 5.41 Å². The van der Waals surface area contributed by atoms with Gasteiger partial charge in [-0.05, 0) is 44.0 Å². The molecule has 0 radical (unpaired) electrons. The van der Waals surface area contributed by atoms with Crippen molar-refractivity contribution in [2.45, 2.75) is 26.2 Å². The molecule has 2 N–H and O–H groups in total. The standard InChI is InChI=1S/C21H20N6O/c1-13-4-5-15(10-23-13)18-26-19(27-28-18)21(2,3)17-8-6-14(7-9-17)16-11-24-20(22)25-12-16/h4-12H,1-3H3,(H2,22,24,25). The van der Waals surface area contributed by atoms with Crippen molar-refractivity contribution in [2.24, 2.45) is 0 Å². The molecular weight excluding hydrogens is 352 g/mol. The van der Waals surface area contributed by atoms with Gasteiger partial charge < -0.3 is 10.3 Å². The number of benzene rings is 1.